The van der Waals surface area contributed by atoms with Gasteiger partial charge in [-0.2, -0.15) is 0 Å². The first-order chi connectivity index (χ1) is 15.2. The molecule has 3 atom stereocenters. The number of amides is 1. The number of morpholine rings is 1. The molecule has 1 heterocycles. The molecule has 9 nitrogen and oxygen atoms in total. The van der Waals surface area contributed by atoms with E-state index in [2.05, 4.69) is 0 Å². The molecule has 1 aromatic carbocycles. The van der Waals surface area contributed by atoms with Crippen molar-refractivity contribution in [2.75, 3.05) is 32.9 Å². The maximum atomic E-state index is 12.7. The molecule has 1 aromatic rings. The number of nitrogens with zero attached hydrogens (tertiary/aromatic N) is 1. The van der Waals surface area contributed by atoms with Gasteiger partial charge in [-0.15, -0.1) is 0 Å². The lowest BCUT2D eigenvalue weighted by Gasteiger charge is -2.33. The average molecular weight is 453 g/mol. The van der Waals surface area contributed by atoms with Gasteiger partial charge in [0.1, 0.15) is 18.8 Å². The highest BCUT2D eigenvalue weighted by atomic mass is 16.7. The molecule has 1 aliphatic heterocycles. The van der Waals surface area contributed by atoms with Crippen LogP contribution in [0.15, 0.2) is 24.3 Å². The van der Waals surface area contributed by atoms with E-state index < -0.39 is 24.4 Å². The van der Waals surface area contributed by atoms with E-state index in [1.54, 1.807) is 13.8 Å². The minimum Gasteiger partial charge on any atom is -0.490 e. The summed E-state index contributed by atoms with van der Waals surface area (Å²) >= 11 is 0. The molecule has 180 valence electrons. The summed E-state index contributed by atoms with van der Waals surface area (Å²) in [4.78, 5) is 26.5. The van der Waals surface area contributed by atoms with E-state index in [4.69, 9.17) is 29.4 Å². The Labute approximate surface area is 190 Å². The molecule has 0 bridgehead atoms. The summed E-state index contributed by atoms with van der Waals surface area (Å²) in [6, 6.07) is 6.62. The van der Waals surface area contributed by atoms with Crippen molar-refractivity contribution >= 4 is 12.1 Å². The van der Waals surface area contributed by atoms with Gasteiger partial charge in [0.15, 0.2) is 11.5 Å². The summed E-state index contributed by atoms with van der Waals surface area (Å²) in [7, 11) is 0. The highest BCUT2D eigenvalue weighted by Crippen LogP contribution is 2.27. The summed E-state index contributed by atoms with van der Waals surface area (Å²) in [5.41, 5.74) is 5.85. The molecule has 0 radical (unpaired) electrons. The van der Waals surface area contributed by atoms with Crippen LogP contribution >= 0.6 is 0 Å². The standard InChI is InChI=1S/C23H36N2O7/c1-6-28-18-9-7-8-10-19(18)30-14-17-13-25(11-12-29-17)23(27)32-22(16(4)5)31-21(26)20(24)15(2)3/h7-10,15-17,20,22H,6,11-14,24H2,1-5H3/t17?,20-,22?/m0/s1. The third-order valence-corrected chi connectivity index (χ3v) is 4.95. The number of nitrogens with two attached hydrogens (primary N) is 1. The lowest BCUT2D eigenvalue weighted by atomic mass is 10.1. The van der Waals surface area contributed by atoms with E-state index in [-0.39, 0.29) is 24.5 Å². The molecule has 0 aromatic heterocycles. The van der Waals surface area contributed by atoms with Gasteiger partial charge in [0.05, 0.1) is 19.8 Å². The van der Waals surface area contributed by atoms with Crippen LogP contribution in [0, 0.1) is 11.8 Å². The first-order valence-electron chi connectivity index (χ1n) is 11.1. The monoisotopic (exact) mass is 452 g/mol. The number of carbonyl (C=O) groups excluding carboxylic acids is 2. The molecule has 1 aliphatic rings. The van der Waals surface area contributed by atoms with E-state index in [0.717, 1.165) is 0 Å². The lowest BCUT2D eigenvalue weighted by molar-refractivity contribution is -0.180. The number of ether oxygens (including phenoxy) is 5. The van der Waals surface area contributed by atoms with Crippen molar-refractivity contribution in [3.63, 3.8) is 0 Å². The minimum absolute atomic E-state index is 0.0844. The zero-order valence-electron chi connectivity index (χ0n) is 19.6. The minimum atomic E-state index is -1.02. The van der Waals surface area contributed by atoms with Crippen molar-refractivity contribution in [3.8, 4) is 11.5 Å². The van der Waals surface area contributed by atoms with Gasteiger partial charge in [0.25, 0.3) is 6.29 Å². The highest BCUT2D eigenvalue weighted by Gasteiger charge is 2.31. The molecule has 1 fully saturated rings. The Hall–Kier alpha value is -2.52. The molecule has 0 spiro atoms. The average Bonchev–Trinajstić information content (AvgIpc) is 2.77. The first-order valence-corrected chi connectivity index (χ1v) is 11.1. The summed E-state index contributed by atoms with van der Waals surface area (Å²) in [6.45, 7) is 11.0. The Morgan fingerprint density at radius 1 is 1.09 bits per heavy atom. The van der Waals surface area contributed by atoms with Crippen molar-refractivity contribution in [1.82, 2.24) is 4.90 Å². The van der Waals surface area contributed by atoms with E-state index in [0.29, 0.717) is 37.8 Å². The predicted molar refractivity (Wildman–Crippen MR) is 118 cm³/mol. The van der Waals surface area contributed by atoms with Gasteiger partial charge in [0, 0.05) is 12.5 Å². The Morgan fingerprint density at radius 2 is 1.75 bits per heavy atom. The van der Waals surface area contributed by atoms with Crippen molar-refractivity contribution < 1.29 is 33.3 Å². The van der Waals surface area contributed by atoms with E-state index >= 15 is 0 Å². The highest BCUT2D eigenvalue weighted by molar-refractivity contribution is 5.76. The van der Waals surface area contributed by atoms with Crippen LogP contribution in [0.1, 0.15) is 34.6 Å². The van der Waals surface area contributed by atoms with Gasteiger partial charge in [-0.1, -0.05) is 39.8 Å². The smallest absolute Gasteiger partial charge is 0.413 e. The normalized spacial score (nSPS) is 18.2. The number of carbonyl (C=O) groups is 2. The van der Waals surface area contributed by atoms with Gasteiger partial charge in [-0.25, -0.2) is 4.79 Å². The Bertz CT molecular complexity index is 741. The fraction of sp³-hybridized carbons (Fsp3) is 0.652. The Balaban J connectivity index is 1.91. The quantitative estimate of drug-likeness (QED) is 0.426. The van der Waals surface area contributed by atoms with Crippen LogP contribution in [-0.2, 0) is 19.0 Å². The van der Waals surface area contributed by atoms with Crippen molar-refractivity contribution in [1.29, 1.82) is 0 Å². The van der Waals surface area contributed by atoms with Crippen molar-refractivity contribution in [3.05, 3.63) is 24.3 Å². The fourth-order valence-corrected chi connectivity index (χ4v) is 2.95. The molecule has 1 amide bonds. The summed E-state index contributed by atoms with van der Waals surface area (Å²) in [5, 5.41) is 0. The Morgan fingerprint density at radius 3 is 2.34 bits per heavy atom. The van der Waals surface area contributed by atoms with Gasteiger partial charge >= 0.3 is 12.1 Å². The Kier molecular flexibility index (Phi) is 10.1. The van der Waals surface area contributed by atoms with Crippen LogP contribution in [0.25, 0.3) is 0 Å². The summed E-state index contributed by atoms with van der Waals surface area (Å²) < 4.78 is 28.0. The molecule has 9 heteroatoms. The second-order valence-corrected chi connectivity index (χ2v) is 8.33. The van der Waals surface area contributed by atoms with Crippen LogP contribution < -0.4 is 15.2 Å². The molecule has 0 aliphatic carbocycles. The van der Waals surface area contributed by atoms with E-state index in [1.807, 2.05) is 45.0 Å². The van der Waals surface area contributed by atoms with E-state index in [9.17, 15) is 9.59 Å². The second kappa shape index (κ2) is 12.5. The van der Waals surface area contributed by atoms with Crippen molar-refractivity contribution in [2.45, 2.75) is 53.1 Å². The topological polar surface area (TPSA) is 110 Å². The molecule has 0 saturated carbocycles. The van der Waals surface area contributed by atoms with E-state index in [1.165, 1.54) is 4.90 Å². The number of hydrogen-bond acceptors (Lipinski definition) is 8. The van der Waals surface area contributed by atoms with Crippen LogP contribution in [0.4, 0.5) is 4.79 Å². The summed E-state index contributed by atoms with van der Waals surface area (Å²) in [5.74, 6) is 0.373. The maximum Gasteiger partial charge on any atom is 0.413 e. The van der Waals surface area contributed by atoms with Crippen molar-refractivity contribution in [2.24, 2.45) is 17.6 Å². The third-order valence-electron chi connectivity index (χ3n) is 4.95. The van der Waals surface area contributed by atoms with Gasteiger partial charge in [-0.3, -0.25) is 4.79 Å². The van der Waals surface area contributed by atoms with Crippen LogP contribution in [0.5, 0.6) is 11.5 Å². The number of para-hydroxylation sites is 2. The fourth-order valence-electron chi connectivity index (χ4n) is 2.95. The molecular formula is C23H36N2O7. The molecule has 2 N–H and O–H groups in total. The molecule has 1 saturated heterocycles. The molecule has 32 heavy (non-hydrogen) atoms. The van der Waals surface area contributed by atoms with Gasteiger partial charge < -0.3 is 34.3 Å². The molecule has 2 unspecified atom stereocenters. The second-order valence-electron chi connectivity index (χ2n) is 8.33. The maximum absolute atomic E-state index is 12.7. The largest absolute Gasteiger partial charge is 0.490 e. The number of esters is 1. The van der Waals surface area contributed by atoms with Crippen LogP contribution in [0.2, 0.25) is 0 Å². The zero-order valence-corrected chi connectivity index (χ0v) is 19.6. The first kappa shape index (κ1) is 25.7. The third kappa shape index (κ3) is 7.56. The van der Waals surface area contributed by atoms with Crippen LogP contribution in [-0.4, -0.2) is 68.3 Å². The predicted octanol–water partition coefficient (Wildman–Crippen LogP) is 2.81. The van der Waals surface area contributed by atoms with Crippen LogP contribution in [0.3, 0.4) is 0 Å². The van der Waals surface area contributed by atoms with Gasteiger partial charge in [0.2, 0.25) is 0 Å². The number of rotatable bonds is 10. The summed E-state index contributed by atoms with van der Waals surface area (Å²) in [6.07, 6.45) is -1.92. The number of benzene rings is 1. The zero-order chi connectivity index (χ0) is 23.7. The van der Waals surface area contributed by atoms with Gasteiger partial charge in [-0.05, 0) is 25.0 Å². The SMILES string of the molecule is CCOc1ccccc1OCC1CN(C(=O)OC(OC(=O)[C@@H](N)C(C)C)C(C)C)CCO1. The molecular weight excluding hydrogens is 416 g/mol. The molecule has 2 rings (SSSR count). The number of hydrogen-bond donors (Lipinski definition) is 1. The lowest BCUT2D eigenvalue weighted by Crippen LogP contribution is -2.49.